The lowest BCUT2D eigenvalue weighted by atomic mass is 9.83. The zero-order valence-corrected chi connectivity index (χ0v) is 26.5. The number of amides is 1. The van der Waals surface area contributed by atoms with Gasteiger partial charge in [0.25, 0.3) is 10.0 Å². The van der Waals surface area contributed by atoms with E-state index in [-0.39, 0.29) is 41.7 Å². The Morgan fingerprint density at radius 2 is 1.76 bits per heavy atom. The Labute approximate surface area is 262 Å². The van der Waals surface area contributed by atoms with E-state index in [1.165, 1.54) is 33.1 Å². The maximum Gasteiger partial charge on any atom is 0.318 e. The molecule has 0 spiro atoms. The van der Waals surface area contributed by atoms with Crippen molar-refractivity contribution in [2.75, 3.05) is 25.6 Å². The number of esters is 1. The van der Waals surface area contributed by atoms with Crippen molar-refractivity contribution in [2.45, 2.75) is 44.6 Å². The van der Waals surface area contributed by atoms with E-state index in [4.69, 9.17) is 14.2 Å². The smallest absolute Gasteiger partial charge is 0.318 e. The molecule has 0 saturated carbocycles. The van der Waals surface area contributed by atoms with Gasteiger partial charge in [0.1, 0.15) is 34.1 Å². The first-order valence-corrected chi connectivity index (χ1v) is 15.9. The van der Waals surface area contributed by atoms with Gasteiger partial charge in [0.15, 0.2) is 11.4 Å². The Morgan fingerprint density at radius 3 is 2.44 bits per heavy atom. The molecule has 0 bridgehead atoms. The second-order valence-corrected chi connectivity index (χ2v) is 13.3. The third-order valence-electron chi connectivity index (χ3n) is 7.76. The van der Waals surface area contributed by atoms with Crippen LogP contribution in [-0.4, -0.2) is 62.1 Å². The number of para-hydroxylation sites is 3. The molecule has 1 fully saturated rings. The van der Waals surface area contributed by atoms with Gasteiger partial charge < -0.3 is 19.5 Å². The van der Waals surface area contributed by atoms with Gasteiger partial charge >= 0.3 is 5.97 Å². The van der Waals surface area contributed by atoms with Crippen molar-refractivity contribution in [3.05, 3.63) is 77.9 Å². The molecule has 2 aliphatic heterocycles. The van der Waals surface area contributed by atoms with Gasteiger partial charge in [-0.3, -0.25) is 18.7 Å². The molecule has 2 heterocycles. The molecule has 5 rings (SSSR count). The largest absolute Gasteiger partial charge is 0.495 e. The topological polar surface area (TPSA) is 141 Å². The molecule has 3 aromatic carbocycles. The number of sulfonamides is 1. The molecule has 1 N–H and O–H groups in total. The number of hydrogen-bond donors (Lipinski definition) is 1. The number of carbonyl (C=O) groups is 3. The van der Waals surface area contributed by atoms with Gasteiger partial charge in [0.05, 0.1) is 25.1 Å². The van der Waals surface area contributed by atoms with Crippen LogP contribution in [0.3, 0.4) is 0 Å². The van der Waals surface area contributed by atoms with Crippen LogP contribution in [0.4, 0.5) is 11.4 Å². The van der Waals surface area contributed by atoms with Crippen LogP contribution < -0.4 is 14.8 Å². The number of fused-ring (bicyclic) bond motifs is 1. The monoisotopic (exact) mass is 633 g/mol. The quantitative estimate of drug-likeness (QED) is 0.194. The van der Waals surface area contributed by atoms with Gasteiger partial charge in [0, 0.05) is 13.0 Å². The SMILES string of the molecule is COc1ccccc1NC(=O)C(C1=Nc2ccccc2S(=O)(=O)N1CCCOc1ccc(C)cc1C)C1C(=O)OC(C)(C)C1=O. The van der Waals surface area contributed by atoms with Crippen LogP contribution in [0.1, 0.15) is 31.4 Å². The lowest BCUT2D eigenvalue weighted by Crippen LogP contribution is -2.51. The number of cyclic esters (lactones) is 1. The van der Waals surface area contributed by atoms with Crippen molar-refractivity contribution in [3.63, 3.8) is 0 Å². The number of benzene rings is 3. The van der Waals surface area contributed by atoms with Gasteiger partial charge in [-0.1, -0.05) is 42.0 Å². The molecule has 11 nitrogen and oxygen atoms in total. The maximum atomic E-state index is 14.2. The minimum Gasteiger partial charge on any atom is -0.495 e. The van der Waals surface area contributed by atoms with Gasteiger partial charge in [-0.2, -0.15) is 0 Å². The van der Waals surface area contributed by atoms with Crippen LogP contribution in [0, 0.1) is 25.7 Å². The van der Waals surface area contributed by atoms with E-state index in [2.05, 4.69) is 10.3 Å². The number of aryl methyl sites for hydroxylation is 2. The first-order valence-electron chi connectivity index (χ1n) is 14.5. The highest BCUT2D eigenvalue weighted by atomic mass is 32.2. The van der Waals surface area contributed by atoms with E-state index in [0.29, 0.717) is 11.5 Å². The van der Waals surface area contributed by atoms with Crippen LogP contribution in [0.2, 0.25) is 0 Å². The number of ether oxygens (including phenoxy) is 3. The molecule has 236 valence electrons. The third-order valence-corrected chi connectivity index (χ3v) is 9.61. The summed E-state index contributed by atoms with van der Waals surface area (Å²) >= 11 is 0. The first kappa shape index (κ1) is 31.7. The third kappa shape index (κ3) is 6.15. The Balaban J connectivity index is 1.56. The summed E-state index contributed by atoms with van der Waals surface area (Å²) in [7, 11) is -2.84. The number of methoxy groups -OCH3 is 1. The van der Waals surface area contributed by atoms with Crippen molar-refractivity contribution in [1.29, 1.82) is 0 Å². The molecule has 0 aliphatic carbocycles. The molecule has 2 atom stereocenters. The maximum absolute atomic E-state index is 14.2. The molecule has 1 amide bonds. The number of amidine groups is 1. The van der Waals surface area contributed by atoms with E-state index >= 15 is 0 Å². The van der Waals surface area contributed by atoms with Crippen LogP contribution in [0.5, 0.6) is 11.5 Å². The molecular formula is C33H35N3O8S. The van der Waals surface area contributed by atoms with Crippen molar-refractivity contribution in [3.8, 4) is 11.5 Å². The number of nitrogens with zero attached hydrogens (tertiary/aromatic N) is 2. The number of aliphatic imine (C=N–C) groups is 1. The second-order valence-electron chi connectivity index (χ2n) is 11.4. The standard InChI is InChI=1S/C33H35N3O8S/c1-20-15-16-24(21(2)19-20)43-18-10-17-36-30(34-23-12-7-9-14-26(23)45(36,40)41)28(27-29(37)33(3,4)44-32(27)39)31(38)35-22-11-6-8-13-25(22)42-5/h6-9,11-16,19,27-28H,10,17-18H2,1-5H3,(H,35,38). The van der Waals surface area contributed by atoms with Crippen molar-refractivity contribution in [1.82, 2.24) is 4.31 Å². The van der Waals surface area contributed by atoms with Gasteiger partial charge in [-0.25, -0.2) is 13.4 Å². The highest BCUT2D eigenvalue weighted by Crippen LogP contribution is 2.40. The fourth-order valence-electron chi connectivity index (χ4n) is 5.51. The number of ketones is 1. The Kier molecular flexibility index (Phi) is 8.70. The highest BCUT2D eigenvalue weighted by Gasteiger charge is 2.57. The molecular weight excluding hydrogens is 598 g/mol. The van der Waals surface area contributed by atoms with Gasteiger partial charge in [0.2, 0.25) is 5.91 Å². The normalized spacial score (nSPS) is 18.8. The fraction of sp³-hybridized carbons (Fsp3) is 0.333. The summed E-state index contributed by atoms with van der Waals surface area (Å²) < 4.78 is 45.9. The van der Waals surface area contributed by atoms with E-state index in [9.17, 15) is 22.8 Å². The average Bonchev–Trinajstić information content (AvgIpc) is 3.19. The van der Waals surface area contributed by atoms with E-state index in [1.54, 1.807) is 36.4 Å². The molecule has 45 heavy (non-hydrogen) atoms. The Hall–Kier alpha value is -4.71. The lowest BCUT2D eigenvalue weighted by Gasteiger charge is -2.34. The minimum absolute atomic E-state index is 0.0615. The summed E-state index contributed by atoms with van der Waals surface area (Å²) in [5.74, 6) is -5.00. The number of nitrogens with one attached hydrogen (secondary N) is 1. The summed E-state index contributed by atoms with van der Waals surface area (Å²) in [6, 6.07) is 18.5. The van der Waals surface area contributed by atoms with Crippen LogP contribution in [0.15, 0.2) is 76.6 Å². The van der Waals surface area contributed by atoms with E-state index in [0.717, 1.165) is 15.4 Å². The summed E-state index contributed by atoms with van der Waals surface area (Å²) in [4.78, 5) is 45.6. The Morgan fingerprint density at radius 1 is 1.04 bits per heavy atom. The molecule has 0 radical (unpaired) electrons. The zero-order chi connectivity index (χ0) is 32.5. The summed E-state index contributed by atoms with van der Waals surface area (Å²) in [5.41, 5.74) is 0.844. The van der Waals surface area contributed by atoms with Crippen molar-refractivity contribution >= 4 is 44.9 Å². The molecule has 1 saturated heterocycles. The predicted octanol–water partition coefficient (Wildman–Crippen LogP) is 4.59. The van der Waals surface area contributed by atoms with Crippen molar-refractivity contribution in [2.24, 2.45) is 16.8 Å². The fourth-order valence-corrected chi connectivity index (χ4v) is 7.15. The molecule has 2 unspecified atom stereocenters. The molecule has 2 aliphatic rings. The predicted molar refractivity (Wildman–Crippen MR) is 167 cm³/mol. The van der Waals surface area contributed by atoms with Crippen molar-refractivity contribution < 1.29 is 37.0 Å². The number of hydrogen-bond acceptors (Lipinski definition) is 9. The van der Waals surface area contributed by atoms with E-state index < -0.39 is 45.1 Å². The number of anilines is 1. The molecule has 0 aromatic heterocycles. The minimum atomic E-state index is -4.27. The summed E-state index contributed by atoms with van der Waals surface area (Å²) in [5, 5.41) is 2.72. The number of rotatable bonds is 10. The number of carbonyl (C=O) groups excluding carboxylic acids is 3. The molecule has 12 heteroatoms. The summed E-state index contributed by atoms with van der Waals surface area (Å²) in [6.45, 7) is 6.77. The average molecular weight is 634 g/mol. The van der Waals surface area contributed by atoms with E-state index in [1.807, 2.05) is 32.0 Å². The highest BCUT2D eigenvalue weighted by molar-refractivity contribution is 7.90. The first-order chi connectivity index (χ1) is 21.3. The zero-order valence-electron chi connectivity index (χ0n) is 25.7. The van der Waals surface area contributed by atoms with Crippen LogP contribution in [-0.2, 0) is 29.1 Å². The number of Topliss-reactive ketones (excluding diaryl/α,β-unsaturated/α-hetero) is 1. The summed E-state index contributed by atoms with van der Waals surface area (Å²) in [6.07, 6.45) is 0.211. The second kappa shape index (κ2) is 12.4. The lowest BCUT2D eigenvalue weighted by molar-refractivity contribution is -0.150. The van der Waals surface area contributed by atoms with Crippen LogP contribution >= 0.6 is 0 Å². The molecule has 3 aromatic rings. The van der Waals surface area contributed by atoms with Gasteiger partial charge in [-0.05, 0) is 63.6 Å². The van der Waals surface area contributed by atoms with Gasteiger partial charge in [-0.15, -0.1) is 0 Å². The Bertz CT molecular complexity index is 1800. The van der Waals surface area contributed by atoms with Crippen LogP contribution in [0.25, 0.3) is 0 Å².